The molecule has 1 rings (SSSR count). The van der Waals surface area contributed by atoms with Crippen molar-refractivity contribution >= 4 is 13.8 Å². The fourth-order valence-electron chi connectivity index (χ4n) is 5.51. The fourth-order valence-corrected chi connectivity index (χ4v) is 6.28. The molecule has 4 atom stereocenters. The van der Waals surface area contributed by atoms with E-state index in [0.717, 1.165) is 64.2 Å². The van der Waals surface area contributed by atoms with E-state index < -0.39 is 13.9 Å². The van der Waals surface area contributed by atoms with E-state index in [-0.39, 0.29) is 38.8 Å². The summed E-state index contributed by atoms with van der Waals surface area (Å²) in [7, 11) is -4.29. The van der Waals surface area contributed by atoms with Crippen molar-refractivity contribution in [3.8, 4) is 0 Å². The second-order valence-electron chi connectivity index (χ2n) is 13.9. The minimum atomic E-state index is -4.29. The third kappa shape index (κ3) is 34.5. The summed E-state index contributed by atoms with van der Waals surface area (Å²) in [6.07, 6.45) is 51.8. The van der Waals surface area contributed by atoms with Gasteiger partial charge in [-0.3, -0.25) is 13.8 Å². The first-order chi connectivity index (χ1) is 26.9. The zero-order valence-electron chi connectivity index (χ0n) is 34.3. The van der Waals surface area contributed by atoms with Gasteiger partial charge in [0.1, 0.15) is 6.61 Å². The molecule has 1 saturated heterocycles. The summed E-state index contributed by atoms with van der Waals surface area (Å²) in [5.41, 5.74) is 5.36. The third-order valence-corrected chi connectivity index (χ3v) is 9.79. The summed E-state index contributed by atoms with van der Waals surface area (Å²) in [6, 6.07) is 0. The molecular weight excluding hydrogens is 713 g/mol. The van der Waals surface area contributed by atoms with Gasteiger partial charge in [0.2, 0.25) is 0 Å². The zero-order chi connectivity index (χ0) is 39.9. The smallest absolute Gasteiger partial charge is 0.472 e. The first kappa shape index (κ1) is 50.5. The van der Waals surface area contributed by atoms with E-state index in [1.54, 1.807) is 6.26 Å². The van der Waals surface area contributed by atoms with Crippen LogP contribution in [0.4, 0.5) is 0 Å². The van der Waals surface area contributed by atoms with Gasteiger partial charge in [-0.25, -0.2) is 4.57 Å². The van der Waals surface area contributed by atoms with E-state index in [9.17, 15) is 14.3 Å². The molecule has 3 unspecified atom stereocenters. The van der Waals surface area contributed by atoms with Gasteiger partial charge in [0.25, 0.3) is 0 Å². The topological polar surface area (TPSA) is 130 Å². The van der Waals surface area contributed by atoms with Gasteiger partial charge in [-0.1, -0.05) is 132 Å². The van der Waals surface area contributed by atoms with Gasteiger partial charge in [0, 0.05) is 13.0 Å². The Kier molecular flexibility index (Phi) is 34.0. The average molecular weight is 790 g/mol. The Balaban J connectivity index is 2.21. The highest BCUT2D eigenvalue weighted by Crippen LogP contribution is 2.43. The molecule has 0 spiro atoms. The molecule has 1 fully saturated rings. The predicted molar refractivity (Wildman–Crippen MR) is 228 cm³/mol. The second kappa shape index (κ2) is 37.1. The number of esters is 1. The maximum Gasteiger partial charge on any atom is 0.472 e. The van der Waals surface area contributed by atoms with Crippen LogP contribution in [-0.4, -0.2) is 55.5 Å². The summed E-state index contributed by atoms with van der Waals surface area (Å²) < 4.78 is 38.8. The molecule has 314 valence electrons. The Labute approximate surface area is 334 Å². The molecule has 55 heavy (non-hydrogen) atoms. The monoisotopic (exact) mass is 790 g/mol. The fraction of sp³-hybridized carbons (Fsp3) is 0.667. The molecule has 0 amide bonds. The number of phosphoric acid groups is 1. The number of hydrogen-bond acceptors (Lipinski definition) is 8. The van der Waals surface area contributed by atoms with Crippen molar-refractivity contribution in [2.24, 2.45) is 5.73 Å². The first-order valence-electron chi connectivity index (χ1n) is 21.2. The van der Waals surface area contributed by atoms with E-state index in [1.165, 1.54) is 57.8 Å². The summed E-state index contributed by atoms with van der Waals surface area (Å²) in [5, 5.41) is 0. The Morgan fingerprint density at radius 1 is 0.673 bits per heavy atom. The highest BCUT2D eigenvalue weighted by Gasteiger charge is 2.35. The van der Waals surface area contributed by atoms with E-state index in [2.05, 4.69) is 74.6 Å². The maximum atomic E-state index is 12.4. The lowest BCUT2D eigenvalue weighted by Gasteiger charge is -2.19. The number of unbranched alkanes of at least 4 members (excludes halogenated alkanes) is 11. The van der Waals surface area contributed by atoms with Crippen molar-refractivity contribution in [3.05, 3.63) is 85.3 Å². The molecule has 9 nitrogen and oxygen atoms in total. The average Bonchev–Trinajstić information content (AvgIpc) is 3.93. The standard InChI is InChI=1S/C45H76NO8P/c1-3-5-7-8-9-10-11-12-13-14-17-20-23-26-29-33-38-50-42(41-53-55(48,49)52-39-37-46)40-51-45(47)36-32-28-25-22-19-16-15-18-21-24-27-31-35-44-43(54-44)34-30-6-4-2/h6,12-13,16,18-19,21,25,27-28,30-31,33,38,42-44H,3-5,7-11,14-15,17,20,22-24,26,29,32,34-37,39-41,46H2,1-2H3,(H,48,49)/b13-12-,19-16-,21-18-,28-25-,30-6-,31-27-,38-33+/t42-,43?,44?/m1/s1. The molecule has 0 bridgehead atoms. The zero-order valence-corrected chi connectivity index (χ0v) is 35.2. The summed E-state index contributed by atoms with van der Waals surface area (Å²) in [6.45, 7) is 3.97. The van der Waals surface area contributed by atoms with Crippen LogP contribution >= 0.6 is 7.82 Å². The predicted octanol–water partition coefficient (Wildman–Crippen LogP) is 11.9. The second-order valence-corrected chi connectivity index (χ2v) is 15.4. The van der Waals surface area contributed by atoms with Gasteiger partial charge in [-0.15, -0.1) is 0 Å². The highest BCUT2D eigenvalue weighted by atomic mass is 31.2. The SMILES string of the molecule is CC/C=C\CC1OC1C/C=C\C/C=C\C/C=C\C/C=C\CCC(=O)OC[C@H](COP(=O)(O)OCCN)O/C=C/CCCCCC/C=C\CCCCCCCC. The lowest BCUT2D eigenvalue weighted by molar-refractivity contribution is -0.147. The summed E-state index contributed by atoms with van der Waals surface area (Å²) >= 11 is 0. The highest BCUT2D eigenvalue weighted by molar-refractivity contribution is 7.47. The summed E-state index contributed by atoms with van der Waals surface area (Å²) in [5.74, 6) is -0.380. The van der Waals surface area contributed by atoms with Crippen LogP contribution in [0.2, 0.25) is 0 Å². The Morgan fingerprint density at radius 3 is 1.80 bits per heavy atom. The van der Waals surface area contributed by atoms with Gasteiger partial charge in [0.15, 0.2) is 6.10 Å². The molecule has 0 aromatic carbocycles. The largest absolute Gasteiger partial charge is 0.492 e. The molecule has 0 aromatic heterocycles. The van der Waals surface area contributed by atoms with E-state index in [0.29, 0.717) is 18.6 Å². The molecule has 1 aliphatic heterocycles. The minimum absolute atomic E-state index is 0.0833. The quantitative estimate of drug-likeness (QED) is 0.0157. The Bertz CT molecular complexity index is 1180. The van der Waals surface area contributed by atoms with Gasteiger partial charge >= 0.3 is 13.8 Å². The number of carbonyl (C=O) groups excluding carboxylic acids is 1. The van der Waals surface area contributed by atoms with Crippen LogP contribution in [0.3, 0.4) is 0 Å². The number of hydrogen-bond donors (Lipinski definition) is 2. The van der Waals surface area contributed by atoms with Crippen molar-refractivity contribution in [2.45, 2.75) is 167 Å². The van der Waals surface area contributed by atoms with Crippen molar-refractivity contribution in [1.82, 2.24) is 0 Å². The normalized spacial score (nSPS) is 18.0. The van der Waals surface area contributed by atoms with Crippen LogP contribution in [0.5, 0.6) is 0 Å². The third-order valence-electron chi connectivity index (χ3n) is 8.80. The van der Waals surface area contributed by atoms with Crippen LogP contribution in [0, 0.1) is 0 Å². The van der Waals surface area contributed by atoms with Crippen molar-refractivity contribution in [1.29, 1.82) is 0 Å². The molecule has 0 saturated carbocycles. The van der Waals surface area contributed by atoms with E-state index in [4.69, 9.17) is 29.0 Å². The van der Waals surface area contributed by atoms with E-state index >= 15 is 0 Å². The molecule has 0 radical (unpaired) electrons. The first-order valence-corrected chi connectivity index (χ1v) is 22.7. The van der Waals surface area contributed by atoms with Gasteiger partial charge < -0.3 is 24.8 Å². The van der Waals surface area contributed by atoms with Crippen LogP contribution in [0.25, 0.3) is 0 Å². The molecule has 0 aliphatic carbocycles. The number of ether oxygens (including phenoxy) is 3. The molecule has 1 aliphatic rings. The van der Waals surface area contributed by atoms with Crippen LogP contribution < -0.4 is 5.73 Å². The molecule has 10 heteroatoms. The number of phosphoric ester groups is 1. The minimum Gasteiger partial charge on any atom is -0.492 e. The number of epoxide rings is 1. The van der Waals surface area contributed by atoms with Gasteiger partial charge in [-0.2, -0.15) is 0 Å². The van der Waals surface area contributed by atoms with Gasteiger partial charge in [-0.05, 0) is 89.5 Å². The van der Waals surface area contributed by atoms with Crippen LogP contribution in [0.15, 0.2) is 85.3 Å². The number of carbonyl (C=O) groups is 1. The number of allylic oxidation sites excluding steroid dienone is 11. The molecule has 3 N–H and O–H groups in total. The number of nitrogens with two attached hydrogens (primary N) is 1. The lowest BCUT2D eigenvalue weighted by atomic mass is 10.1. The maximum absolute atomic E-state index is 12.4. The van der Waals surface area contributed by atoms with Crippen molar-refractivity contribution in [3.63, 3.8) is 0 Å². The van der Waals surface area contributed by atoms with Gasteiger partial charge in [0.05, 0.1) is 31.7 Å². The lowest BCUT2D eigenvalue weighted by Crippen LogP contribution is -2.25. The van der Waals surface area contributed by atoms with Crippen molar-refractivity contribution in [2.75, 3.05) is 26.4 Å². The Morgan fingerprint density at radius 2 is 1.20 bits per heavy atom. The molecule has 0 aromatic rings. The summed E-state index contributed by atoms with van der Waals surface area (Å²) in [4.78, 5) is 22.2. The van der Waals surface area contributed by atoms with Crippen LogP contribution in [0.1, 0.15) is 149 Å². The van der Waals surface area contributed by atoms with Crippen molar-refractivity contribution < 1.29 is 37.5 Å². The number of rotatable bonds is 38. The van der Waals surface area contributed by atoms with Crippen LogP contribution in [-0.2, 0) is 32.6 Å². The molecular formula is C45H76NO8P. The van der Waals surface area contributed by atoms with E-state index in [1.807, 2.05) is 18.2 Å². The Hall–Kier alpha value is -2.52. The molecule has 1 heterocycles.